The van der Waals surface area contributed by atoms with Gasteiger partial charge in [0.2, 0.25) is 5.91 Å². The number of nitrogens with zero attached hydrogens (tertiary/aromatic N) is 1. The number of amides is 2. The van der Waals surface area contributed by atoms with Crippen LogP contribution in [0.5, 0.6) is 0 Å². The van der Waals surface area contributed by atoms with Crippen LogP contribution in [-0.4, -0.2) is 59.3 Å². The van der Waals surface area contributed by atoms with Crippen molar-refractivity contribution in [2.75, 3.05) is 13.7 Å². The van der Waals surface area contributed by atoms with E-state index in [1.165, 1.54) is 12.0 Å². The summed E-state index contributed by atoms with van der Waals surface area (Å²) in [6.45, 7) is 7.76. The molecule has 1 fully saturated rings. The van der Waals surface area contributed by atoms with Crippen LogP contribution in [0.4, 0.5) is 0 Å². The van der Waals surface area contributed by atoms with Gasteiger partial charge in [0.1, 0.15) is 17.7 Å². The molecule has 2 N–H and O–H groups in total. The minimum atomic E-state index is -1.11. The Hall–Kier alpha value is -1.67. The molecule has 0 aliphatic carbocycles. The topological polar surface area (TPSA) is 105 Å². The van der Waals surface area contributed by atoms with Gasteiger partial charge in [0.05, 0.1) is 5.92 Å². The van der Waals surface area contributed by atoms with Crippen molar-refractivity contribution in [2.45, 2.75) is 77.5 Å². The highest BCUT2D eigenvalue weighted by Gasteiger charge is 2.42. The second-order valence-corrected chi connectivity index (χ2v) is 7.60. The van der Waals surface area contributed by atoms with Gasteiger partial charge in [0.25, 0.3) is 5.91 Å². The predicted molar refractivity (Wildman–Crippen MR) is 94.3 cm³/mol. The first-order valence-electron chi connectivity index (χ1n) is 9.16. The zero-order chi connectivity index (χ0) is 19.9. The highest BCUT2D eigenvalue weighted by atomic mass is 16.6. The number of hydrogen-bond acceptors (Lipinski definition) is 6. The van der Waals surface area contributed by atoms with Gasteiger partial charge in [-0.05, 0) is 40.0 Å². The average molecular weight is 372 g/mol. The van der Waals surface area contributed by atoms with Crippen LogP contribution in [0.2, 0.25) is 0 Å². The Kier molecular flexibility index (Phi) is 8.49. The van der Waals surface area contributed by atoms with E-state index in [9.17, 15) is 14.4 Å². The number of methoxy groups -OCH3 is 1. The van der Waals surface area contributed by atoms with E-state index in [4.69, 9.17) is 14.7 Å². The normalized spacial score (nSPS) is 19.8. The fourth-order valence-corrected chi connectivity index (χ4v) is 3.20. The number of ether oxygens (including phenoxy) is 2. The number of nitrogens with one attached hydrogen (secondary N) is 1. The van der Waals surface area contributed by atoms with Gasteiger partial charge in [0.15, 0.2) is 0 Å². The second kappa shape index (κ2) is 9.87. The molecule has 0 spiro atoms. The number of unbranched alkanes of at least 4 members (excludes halogenated alkanes) is 1. The van der Waals surface area contributed by atoms with Gasteiger partial charge >= 0.3 is 5.97 Å². The molecule has 26 heavy (non-hydrogen) atoms. The number of hydroxylamine groups is 1. The molecule has 0 radical (unpaired) electrons. The summed E-state index contributed by atoms with van der Waals surface area (Å²) in [4.78, 5) is 39.0. The maximum Gasteiger partial charge on any atom is 0.329 e. The Balaban J connectivity index is 3.00. The van der Waals surface area contributed by atoms with Crippen LogP contribution in [0.3, 0.4) is 0 Å². The summed E-state index contributed by atoms with van der Waals surface area (Å²) in [7, 11) is 1.32. The molecule has 2 amide bonds. The number of rotatable bonds is 8. The summed E-state index contributed by atoms with van der Waals surface area (Å²) in [6, 6.07) is -0.652. The SMILES string of the molecule is CCCC[C@@H](C(=O)N1CCC[C@H]1C(=O)OC(C)(C)C)[C@H](OC)C(=O)NO. The molecule has 1 aliphatic heterocycles. The molecule has 3 atom stereocenters. The van der Waals surface area contributed by atoms with Crippen molar-refractivity contribution in [3.05, 3.63) is 0 Å². The second-order valence-electron chi connectivity index (χ2n) is 7.60. The van der Waals surface area contributed by atoms with Crippen LogP contribution in [0.15, 0.2) is 0 Å². The first kappa shape index (κ1) is 22.4. The van der Waals surface area contributed by atoms with E-state index in [-0.39, 0.29) is 5.91 Å². The minimum Gasteiger partial charge on any atom is -0.458 e. The first-order chi connectivity index (χ1) is 12.2. The third kappa shape index (κ3) is 5.95. The van der Waals surface area contributed by atoms with Gasteiger partial charge in [-0.2, -0.15) is 0 Å². The quantitative estimate of drug-likeness (QED) is 0.381. The molecule has 8 heteroatoms. The van der Waals surface area contributed by atoms with Gasteiger partial charge < -0.3 is 14.4 Å². The summed E-state index contributed by atoms with van der Waals surface area (Å²) in [6.07, 6.45) is 2.11. The molecule has 1 saturated heterocycles. The highest BCUT2D eigenvalue weighted by Crippen LogP contribution is 2.27. The van der Waals surface area contributed by atoms with E-state index < -0.39 is 35.5 Å². The monoisotopic (exact) mass is 372 g/mol. The highest BCUT2D eigenvalue weighted by molar-refractivity contribution is 5.91. The molecule has 0 aromatic heterocycles. The number of carbonyl (C=O) groups excluding carboxylic acids is 3. The van der Waals surface area contributed by atoms with Crippen LogP contribution in [0.1, 0.15) is 59.8 Å². The fraction of sp³-hybridized carbons (Fsp3) is 0.833. The van der Waals surface area contributed by atoms with E-state index in [1.54, 1.807) is 26.3 Å². The Morgan fingerprint density at radius 2 is 1.96 bits per heavy atom. The van der Waals surface area contributed by atoms with E-state index in [0.717, 1.165) is 12.8 Å². The molecule has 0 saturated carbocycles. The largest absolute Gasteiger partial charge is 0.458 e. The molecule has 0 aromatic carbocycles. The molecule has 150 valence electrons. The molecule has 1 heterocycles. The summed E-state index contributed by atoms with van der Waals surface area (Å²) >= 11 is 0. The van der Waals surface area contributed by atoms with Crippen LogP contribution in [0, 0.1) is 5.92 Å². The van der Waals surface area contributed by atoms with E-state index >= 15 is 0 Å². The number of esters is 1. The maximum absolute atomic E-state index is 13.1. The van der Waals surface area contributed by atoms with Crippen molar-refractivity contribution in [1.29, 1.82) is 0 Å². The lowest BCUT2D eigenvalue weighted by Gasteiger charge is -2.32. The van der Waals surface area contributed by atoms with Crippen molar-refractivity contribution >= 4 is 17.8 Å². The Bertz CT molecular complexity index is 502. The molecule has 0 aromatic rings. The first-order valence-corrected chi connectivity index (χ1v) is 9.16. The third-order valence-corrected chi connectivity index (χ3v) is 4.39. The number of likely N-dealkylation sites (tertiary alicyclic amines) is 1. The van der Waals surface area contributed by atoms with Crippen molar-refractivity contribution in [2.24, 2.45) is 5.92 Å². The summed E-state index contributed by atoms with van der Waals surface area (Å²) < 4.78 is 10.6. The Morgan fingerprint density at radius 3 is 2.46 bits per heavy atom. The van der Waals surface area contributed by atoms with Crippen molar-refractivity contribution in [1.82, 2.24) is 10.4 Å². The van der Waals surface area contributed by atoms with Crippen LogP contribution in [-0.2, 0) is 23.9 Å². The van der Waals surface area contributed by atoms with Gasteiger partial charge in [-0.1, -0.05) is 19.8 Å². The molecule has 8 nitrogen and oxygen atoms in total. The lowest BCUT2D eigenvalue weighted by atomic mass is 9.93. The zero-order valence-corrected chi connectivity index (χ0v) is 16.4. The average Bonchev–Trinajstić information content (AvgIpc) is 3.05. The zero-order valence-electron chi connectivity index (χ0n) is 16.4. The van der Waals surface area contributed by atoms with Crippen molar-refractivity contribution in [3.8, 4) is 0 Å². The Labute approximate surface area is 155 Å². The van der Waals surface area contributed by atoms with E-state index in [1.807, 2.05) is 6.92 Å². The minimum absolute atomic E-state index is 0.317. The molecule has 0 unspecified atom stereocenters. The molecule has 1 aliphatic rings. The Morgan fingerprint density at radius 1 is 1.31 bits per heavy atom. The summed E-state index contributed by atoms with van der Waals surface area (Å²) in [5, 5.41) is 8.95. The van der Waals surface area contributed by atoms with Crippen molar-refractivity contribution in [3.63, 3.8) is 0 Å². The number of hydrogen-bond donors (Lipinski definition) is 2. The standard InChI is InChI=1S/C18H32N2O6/c1-6-7-9-12(14(25-5)15(21)19-24)16(22)20-11-8-10-13(20)17(23)26-18(2,3)4/h12-14,24H,6-11H2,1-5H3,(H,19,21)/t12-,13+,14+/m1/s1. The lowest BCUT2D eigenvalue weighted by Crippen LogP contribution is -2.51. The van der Waals surface area contributed by atoms with E-state index in [0.29, 0.717) is 25.8 Å². The summed E-state index contributed by atoms with van der Waals surface area (Å²) in [5.74, 6) is -2.29. The van der Waals surface area contributed by atoms with Gasteiger partial charge in [-0.25, -0.2) is 10.3 Å². The van der Waals surface area contributed by atoms with E-state index in [2.05, 4.69) is 0 Å². The predicted octanol–water partition coefficient (Wildman–Crippen LogP) is 1.65. The number of carbonyl (C=O) groups is 3. The molecule has 0 bridgehead atoms. The molecule has 1 rings (SSSR count). The van der Waals surface area contributed by atoms with Crippen LogP contribution in [0.25, 0.3) is 0 Å². The maximum atomic E-state index is 13.1. The summed E-state index contributed by atoms with van der Waals surface area (Å²) in [5.41, 5.74) is 0.920. The van der Waals surface area contributed by atoms with Crippen LogP contribution < -0.4 is 5.48 Å². The van der Waals surface area contributed by atoms with Gasteiger partial charge in [-0.3, -0.25) is 14.8 Å². The van der Waals surface area contributed by atoms with Crippen LogP contribution >= 0.6 is 0 Å². The van der Waals surface area contributed by atoms with Crippen molar-refractivity contribution < 1.29 is 29.1 Å². The fourth-order valence-electron chi connectivity index (χ4n) is 3.20. The molecular weight excluding hydrogens is 340 g/mol. The third-order valence-electron chi connectivity index (χ3n) is 4.39. The molecular formula is C18H32N2O6. The lowest BCUT2D eigenvalue weighted by molar-refractivity contribution is -0.166. The van der Waals surface area contributed by atoms with Gasteiger partial charge in [-0.15, -0.1) is 0 Å². The smallest absolute Gasteiger partial charge is 0.329 e. The van der Waals surface area contributed by atoms with Gasteiger partial charge in [0, 0.05) is 13.7 Å².